The number of rotatable bonds is 6. The van der Waals surface area contributed by atoms with Gasteiger partial charge in [0, 0.05) is 25.5 Å². The first kappa shape index (κ1) is 13.8. The second-order valence-electron chi connectivity index (χ2n) is 3.94. The fourth-order valence-corrected chi connectivity index (χ4v) is 2.16. The van der Waals surface area contributed by atoms with Crippen LogP contribution in [0.3, 0.4) is 0 Å². The predicted octanol–water partition coefficient (Wildman–Crippen LogP) is 2.36. The summed E-state index contributed by atoms with van der Waals surface area (Å²) in [4.78, 5) is 17.0. The first-order chi connectivity index (χ1) is 8.07. The van der Waals surface area contributed by atoms with E-state index in [-0.39, 0.29) is 5.56 Å². The molecule has 1 unspecified atom stereocenters. The molecule has 1 atom stereocenters. The van der Waals surface area contributed by atoms with Crippen LogP contribution in [0.15, 0.2) is 18.5 Å². The number of aromatic carboxylic acids is 1. The molecule has 1 aromatic heterocycles. The summed E-state index contributed by atoms with van der Waals surface area (Å²) in [6.07, 6.45) is 6.12. The highest BCUT2D eigenvalue weighted by molar-refractivity contribution is 7.98. The van der Waals surface area contributed by atoms with Gasteiger partial charge in [0.05, 0.1) is 5.69 Å². The Morgan fingerprint density at radius 2 is 2.35 bits per heavy atom. The number of carbonyl (C=O) groups is 1. The molecular formula is C12H18N2O2S. The van der Waals surface area contributed by atoms with Gasteiger partial charge in [0.25, 0.3) is 0 Å². The highest BCUT2D eigenvalue weighted by Gasteiger charge is 2.16. The van der Waals surface area contributed by atoms with Gasteiger partial charge in [-0.2, -0.15) is 11.8 Å². The van der Waals surface area contributed by atoms with Gasteiger partial charge in [0.1, 0.15) is 5.56 Å². The second-order valence-corrected chi connectivity index (χ2v) is 4.92. The SMILES string of the molecule is CSCCC(C)N(C)c1ccncc1C(=O)O. The first-order valence-electron chi connectivity index (χ1n) is 5.47. The number of carboxylic acids is 1. The van der Waals surface area contributed by atoms with Crippen LogP contribution in [0.25, 0.3) is 0 Å². The maximum Gasteiger partial charge on any atom is 0.339 e. The van der Waals surface area contributed by atoms with E-state index in [1.54, 1.807) is 24.0 Å². The third-order valence-corrected chi connectivity index (χ3v) is 3.45. The molecule has 0 amide bonds. The average molecular weight is 254 g/mol. The summed E-state index contributed by atoms with van der Waals surface area (Å²) in [5.74, 6) is 0.135. The smallest absolute Gasteiger partial charge is 0.339 e. The summed E-state index contributed by atoms with van der Waals surface area (Å²) in [6.45, 7) is 2.10. The number of anilines is 1. The van der Waals surface area contributed by atoms with Crippen molar-refractivity contribution in [1.82, 2.24) is 4.98 Å². The quantitative estimate of drug-likeness (QED) is 0.844. The predicted molar refractivity (Wildman–Crippen MR) is 72.1 cm³/mol. The maximum absolute atomic E-state index is 11.1. The molecule has 1 N–H and O–H groups in total. The van der Waals surface area contributed by atoms with Crippen molar-refractivity contribution < 1.29 is 9.90 Å². The number of hydrogen-bond acceptors (Lipinski definition) is 4. The third-order valence-electron chi connectivity index (χ3n) is 2.81. The number of hydrogen-bond donors (Lipinski definition) is 1. The molecule has 94 valence electrons. The van der Waals surface area contributed by atoms with Gasteiger partial charge in [-0.25, -0.2) is 4.79 Å². The van der Waals surface area contributed by atoms with Gasteiger partial charge in [0.2, 0.25) is 0 Å². The number of aromatic nitrogens is 1. The lowest BCUT2D eigenvalue weighted by Gasteiger charge is -2.27. The van der Waals surface area contributed by atoms with Gasteiger partial charge in [-0.1, -0.05) is 0 Å². The Kier molecular flexibility index (Phi) is 5.28. The van der Waals surface area contributed by atoms with E-state index >= 15 is 0 Å². The first-order valence-corrected chi connectivity index (χ1v) is 6.86. The normalized spacial score (nSPS) is 12.2. The summed E-state index contributed by atoms with van der Waals surface area (Å²) >= 11 is 1.80. The molecule has 0 aliphatic carbocycles. The van der Waals surface area contributed by atoms with Crippen LogP contribution in [0.4, 0.5) is 5.69 Å². The van der Waals surface area contributed by atoms with Crippen molar-refractivity contribution in [2.45, 2.75) is 19.4 Å². The van der Waals surface area contributed by atoms with Crippen LogP contribution in [0.2, 0.25) is 0 Å². The van der Waals surface area contributed by atoms with E-state index in [0.717, 1.165) is 17.9 Å². The van der Waals surface area contributed by atoms with Crippen molar-refractivity contribution >= 4 is 23.4 Å². The minimum atomic E-state index is -0.933. The summed E-state index contributed by atoms with van der Waals surface area (Å²) in [5.41, 5.74) is 0.979. The van der Waals surface area contributed by atoms with Gasteiger partial charge < -0.3 is 10.0 Å². The molecule has 0 saturated heterocycles. The number of carboxylic acid groups (broad SMARTS) is 1. The van der Waals surface area contributed by atoms with Gasteiger partial charge in [-0.05, 0) is 31.4 Å². The van der Waals surface area contributed by atoms with Gasteiger partial charge >= 0.3 is 5.97 Å². The zero-order chi connectivity index (χ0) is 12.8. The summed E-state index contributed by atoms with van der Waals surface area (Å²) in [6, 6.07) is 2.06. The van der Waals surface area contributed by atoms with Crippen LogP contribution in [-0.4, -0.2) is 41.2 Å². The fraction of sp³-hybridized carbons (Fsp3) is 0.500. The third kappa shape index (κ3) is 3.63. The molecule has 0 fully saturated rings. The van der Waals surface area contributed by atoms with Crippen molar-refractivity contribution in [2.75, 3.05) is 24.0 Å². The van der Waals surface area contributed by atoms with Crippen LogP contribution < -0.4 is 4.90 Å². The minimum Gasteiger partial charge on any atom is -0.478 e. The zero-order valence-electron chi connectivity index (χ0n) is 10.4. The Balaban J connectivity index is 2.87. The van der Waals surface area contributed by atoms with E-state index < -0.39 is 5.97 Å². The molecule has 0 spiro atoms. The van der Waals surface area contributed by atoms with E-state index in [2.05, 4.69) is 18.2 Å². The van der Waals surface area contributed by atoms with Gasteiger partial charge in [0.15, 0.2) is 0 Å². The van der Waals surface area contributed by atoms with E-state index in [1.807, 2.05) is 11.9 Å². The fourth-order valence-electron chi connectivity index (χ4n) is 1.58. The molecule has 17 heavy (non-hydrogen) atoms. The van der Waals surface area contributed by atoms with E-state index in [4.69, 9.17) is 5.11 Å². The Labute approximate surface area is 106 Å². The number of pyridine rings is 1. The zero-order valence-corrected chi connectivity index (χ0v) is 11.2. The molecule has 0 aromatic carbocycles. The molecule has 1 heterocycles. The molecule has 4 nitrogen and oxygen atoms in total. The Hall–Kier alpha value is -1.23. The molecule has 1 aromatic rings. The molecule has 0 bridgehead atoms. The largest absolute Gasteiger partial charge is 0.478 e. The van der Waals surface area contributed by atoms with Crippen molar-refractivity contribution in [3.8, 4) is 0 Å². The topological polar surface area (TPSA) is 53.4 Å². The van der Waals surface area contributed by atoms with Crippen molar-refractivity contribution in [2.24, 2.45) is 0 Å². The Morgan fingerprint density at radius 1 is 1.65 bits per heavy atom. The lowest BCUT2D eigenvalue weighted by Crippen LogP contribution is -2.30. The molecule has 1 rings (SSSR count). The van der Waals surface area contributed by atoms with Crippen LogP contribution >= 0.6 is 11.8 Å². The van der Waals surface area contributed by atoms with Crippen molar-refractivity contribution in [3.63, 3.8) is 0 Å². The monoisotopic (exact) mass is 254 g/mol. The van der Waals surface area contributed by atoms with Crippen LogP contribution in [0, 0.1) is 0 Å². The molecule has 0 radical (unpaired) electrons. The molecule has 0 saturated carbocycles. The van der Waals surface area contributed by atoms with E-state index in [0.29, 0.717) is 6.04 Å². The van der Waals surface area contributed by atoms with E-state index in [1.165, 1.54) is 6.20 Å². The average Bonchev–Trinajstić information content (AvgIpc) is 2.34. The van der Waals surface area contributed by atoms with Crippen LogP contribution in [0.1, 0.15) is 23.7 Å². The van der Waals surface area contributed by atoms with E-state index in [9.17, 15) is 4.79 Å². The Morgan fingerprint density at radius 3 is 2.94 bits per heavy atom. The molecule has 0 aliphatic heterocycles. The number of thioether (sulfide) groups is 1. The molecular weight excluding hydrogens is 236 g/mol. The molecule has 5 heteroatoms. The molecule has 0 aliphatic rings. The minimum absolute atomic E-state index is 0.256. The lowest BCUT2D eigenvalue weighted by molar-refractivity contribution is 0.0697. The van der Waals surface area contributed by atoms with Gasteiger partial charge in [-0.3, -0.25) is 4.98 Å². The van der Waals surface area contributed by atoms with Crippen LogP contribution in [-0.2, 0) is 0 Å². The summed E-state index contributed by atoms with van der Waals surface area (Å²) < 4.78 is 0. The second kappa shape index (κ2) is 6.49. The van der Waals surface area contributed by atoms with Crippen molar-refractivity contribution in [3.05, 3.63) is 24.0 Å². The van der Waals surface area contributed by atoms with Crippen molar-refractivity contribution in [1.29, 1.82) is 0 Å². The summed E-state index contributed by atoms with van der Waals surface area (Å²) in [5, 5.41) is 9.10. The standard InChI is InChI=1S/C12H18N2O2S/c1-9(5-7-17-3)14(2)11-4-6-13-8-10(11)12(15)16/h4,6,8-9H,5,7H2,1-3H3,(H,15,16). The Bertz CT molecular complexity index is 385. The number of nitrogens with zero attached hydrogens (tertiary/aromatic N) is 2. The van der Waals surface area contributed by atoms with Crippen LogP contribution in [0.5, 0.6) is 0 Å². The lowest BCUT2D eigenvalue weighted by atomic mass is 10.1. The highest BCUT2D eigenvalue weighted by Crippen LogP contribution is 2.21. The van der Waals surface area contributed by atoms with Gasteiger partial charge in [-0.15, -0.1) is 0 Å². The maximum atomic E-state index is 11.1. The summed E-state index contributed by atoms with van der Waals surface area (Å²) in [7, 11) is 1.92. The highest BCUT2D eigenvalue weighted by atomic mass is 32.2.